The minimum absolute atomic E-state index is 0.0888. The van der Waals surface area contributed by atoms with Gasteiger partial charge in [-0.1, -0.05) is 34.1 Å². The molecule has 0 aromatic carbocycles. The van der Waals surface area contributed by atoms with E-state index >= 15 is 0 Å². The maximum Gasteiger partial charge on any atom is 0.486 e. The van der Waals surface area contributed by atoms with Gasteiger partial charge in [-0.25, -0.2) is 0 Å². The Labute approximate surface area is 112 Å². The second-order valence-electron chi connectivity index (χ2n) is 7.20. The molecule has 0 aliphatic heterocycles. The zero-order valence-corrected chi connectivity index (χ0v) is 12.9. The van der Waals surface area contributed by atoms with E-state index in [0.29, 0.717) is 0 Å². The van der Waals surface area contributed by atoms with E-state index in [9.17, 15) is 4.79 Å². The molecule has 1 aliphatic carbocycles. The Morgan fingerprint density at radius 3 is 2.22 bits per heavy atom. The molecule has 0 spiro atoms. The molecule has 0 aromatic heterocycles. The molecule has 0 radical (unpaired) electrons. The number of carbonyl (C=O) groups excluding carboxylic acids is 1. The van der Waals surface area contributed by atoms with Crippen LogP contribution in [0.15, 0.2) is 0 Å². The van der Waals surface area contributed by atoms with Crippen molar-refractivity contribution in [1.29, 1.82) is 0 Å². The van der Waals surface area contributed by atoms with E-state index in [4.69, 9.17) is 4.74 Å². The summed E-state index contributed by atoms with van der Waals surface area (Å²) in [5.41, 5.74) is 0.136. The van der Waals surface area contributed by atoms with Gasteiger partial charge in [0.25, 0.3) is 0 Å². The van der Waals surface area contributed by atoms with Crippen LogP contribution in [0.4, 0.5) is 0 Å². The number of hydrogen-bond donors (Lipinski definition) is 0. The largest absolute Gasteiger partial charge is 0.486 e. The van der Waals surface area contributed by atoms with Gasteiger partial charge in [-0.2, -0.15) is 0 Å². The monoisotopic (exact) mass is 255 g/mol. The SMILES string of the molecule is CCC1(OC(=[OH+])C(C)CC(C)(C)C)CCCCC1. The van der Waals surface area contributed by atoms with E-state index in [1.807, 2.05) is 0 Å². The Kier molecular flexibility index (Phi) is 5.24. The maximum atomic E-state index is 10.2. The molecule has 0 bridgehead atoms. The Morgan fingerprint density at radius 1 is 1.22 bits per heavy atom. The summed E-state index contributed by atoms with van der Waals surface area (Å²) in [6, 6.07) is 0. The van der Waals surface area contributed by atoms with Crippen LogP contribution in [0.2, 0.25) is 0 Å². The van der Waals surface area contributed by atoms with Crippen molar-refractivity contribution in [2.45, 2.75) is 85.2 Å². The van der Waals surface area contributed by atoms with E-state index < -0.39 is 0 Å². The van der Waals surface area contributed by atoms with Gasteiger partial charge in [0.1, 0.15) is 5.92 Å². The summed E-state index contributed by atoms with van der Waals surface area (Å²) < 4.78 is 6.01. The molecule has 0 aromatic rings. The topological polar surface area (TPSA) is 30.6 Å². The Hall–Kier alpha value is -0.530. The average molecular weight is 255 g/mol. The number of ether oxygens (including phenoxy) is 1. The molecule has 1 unspecified atom stereocenters. The van der Waals surface area contributed by atoms with Crippen LogP contribution in [0.5, 0.6) is 0 Å². The molecule has 106 valence electrons. The second kappa shape index (κ2) is 6.08. The minimum atomic E-state index is -0.0888. The lowest BCUT2D eigenvalue weighted by Crippen LogP contribution is -2.38. The van der Waals surface area contributed by atoms with Crippen LogP contribution < -0.4 is 0 Å². The van der Waals surface area contributed by atoms with Crippen molar-refractivity contribution in [1.82, 2.24) is 0 Å². The summed E-state index contributed by atoms with van der Waals surface area (Å²) in [5.74, 6) is 0.379. The summed E-state index contributed by atoms with van der Waals surface area (Å²) in [6.45, 7) is 10.8. The van der Waals surface area contributed by atoms with E-state index in [2.05, 4.69) is 34.6 Å². The number of rotatable bonds is 4. The van der Waals surface area contributed by atoms with Crippen molar-refractivity contribution in [3.05, 3.63) is 0 Å². The normalized spacial score (nSPS) is 21.4. The average Bonchev–Trinajstić information content (AvgIpc) is 2.28. The predicted molar refractivity (Wildman–Crippen MR) is 77.4 cm³/mol. The van der Waals surface area contributed by atoms with Gasteiger partial charge >= 0.3 is 5.97 Å². The molecule has 1 aliphatic rings. The third kappa shape index (κ3) is 4.62. The first-order chi connectivity index (χ1) is 8.28. The third-order valence-electron chi connectivity index (χ3n) is 4.07. The lowest BCUT2D eigenvalue weighted by molar-refractivity contribution is -0.00248. The van der Waals surface area contributed by atoms with E-state index in [-0.39, 0.29) is 22.9 Å². The van der Waals surface area contributed by atoms with E-state index in [1.54, 1.807) is 0 Å². The zero-order chi connectivity index (χ0) is 13.8. The first-order valence-corrected chi connectivity index (χ1v) is 7.53. The van der Waals surface area contributed by atoms with Gasteiger partial charge in [0.2, 0.25) is 5.60 Å². The smallest absolute Gasteiger partial charge is 0.339 e. The zero-order valence-electron chi connectivity index (χ0n) is 12.9. The first-order valence-electron chi connectivity index (χ1n) is 7.53. The predicted octanol–water partition coefficient (Wildman–Crippen LogP) is 4.69. The van der Waals surface area contributed by atoms with Gasteiger partial charge in [0.15, 0.2) is 0 Å². The summed E-state index contributed by atoms with van der Waals surface area (Å²) >= 11 is 0. The minimum Gasteiger partial charge on any atom is -0.339 e. The van der Waals surface area contributed by atoms with Gasteiger partial charge in [-0.3, -0.25) is 0 Å². The first kappa shape index (κ1) is 15.5. The van der Waals surface area contributed by atoms with Crippen molar-refractivity contribution < 1.29 is 9.53 Å². The molecule has 1 rings (SSSR count). The van der Waals surface area contributed by atoms with Gasteiger partial charge in [0, 0.05) is 19.3 Å². The standard InChI is InChI=1S/C16H30O2/c1-6-16(10-8-7-9-11-16)18-14(17)13(2)12-15(3,4)5/h13H,6-12H2,1-5H3/p+1. The molecular formula is C16H31O2+. The maximum absolute atomic E-state index is 10.2. The highest BCUT2D eigenvalue weighted by molar-refractivity contribution is 5.73. The van der Waals surface area contributed by atoms with Crippen LogP contribution in [-0.2, 0) is 4.74 Å². The van der Waals surface area contributed by atoms with Gasteiger partial charge in [-0.15, -0.1) is 0 Å². The number of hydrogen-bond acceptors (Lipinski definition) is 1. The van der Waals surface area contributed by atoms with Gasteiger partial charge in [0.05, 0.1) is 0 Å². The number of esters is 1. The fraction of sp³-hybridized carbons (Fsp3) is 0.938. The lowest BCUT2D eigenvalue weighted by atomic mass is 9.82. The van der Waals surface area contributed by atoms with Crippen LogP contribution in [-0.4, -0.2) is 16.4 Å². The van der Waals surface area contributed by atoms with Gasteiger partial charge < -0.3 is 9.53 Å². The Balaban J connectivity index is 2.56. The fourth-order valence-electron chi connectivity index (χ4n) is 3.05. The molecule has 0 amide bonds. The van der Waals surface area contributed by atoms with Crippen molar-refractivity contribution in [3.8, 4) is 0 Å². The highest BCUT2D eigenvalue weighted by Crippen LogP contribution is 2.36. The quantitative estimate of drug-likeness (QED) is 0.529. The van der Waals surface area contributed by atoms with Crippen LogP contribution in [0.1, 0.15) is 79.6 Å². The van der Waals surface area contributed by atoms with Crippen molar-refractivity contribution in [2.24, 2.45) is 11.3 Å². The molecule has 2 nitrogen and oxygen atoms in total. The molecule has 18 heavy (non-hydrogen) atoms. The summed E-state index contributed by atoms with van der Waals surface area (Å²) in [6.07, 6.45) is 7.91. The molecule has 0 saturated heterocycles. The summed E-state index contributed by atoms with van der Waals surface area (Å²) in [4.78, 5) is 10.2. The van der Waals surface area contributed by atoms with Crippen molar-refractivity contribution in [3.63, 3.8) is 0 Å². The van der Waals surface area contributed by atoms with E-state index in [0.717, 1.165) is 25.7 Å². The van der Waals surface area contributed by atoms with E-state index in [1.165, 1.54) is 19.3 Å². The highest BCUT2D eigenvalue weighted by atomic mass is 16.6. The van der Waals surface area contributed by atoms with Crippen molar-refractivity contribution >= 4 is 5.97 Å². The second-order valence-corrected chi connectivity index (χ2v) is 7.20. The third-order valence-corrected chi connectivity index (χ3v) is 4.07. The molecule has 1 N–H and O–H groups in total. The molecule has 1 fully saturated rings. The highest BCUT2D eigenvalue weighted by Gasteiger charge is 2.42. The Morgan fingerprint density at radius 2 is 1.78 bits per heavy atom. The van der Waals surface area contributed by atoms with Crippen LogP contribution >= 0.6 is 0 Å². The van der Waals surface area contributed by atoms with Crippen LogP contribution in [0, 0.1) is 11.3 Å². The lowest BCUT2D eigenvalue weighted by Gasteiger charge is -2.31. The molecule has 1 atom stereocenters. The molecule has 0 heterocycles. The molecule has 2 heteroatoms. The Bertz CT molecular complexity index is 269. The van der Waals surface area contributed by atoms with Crippen molar-refractivity contribution in [2.75, 3.05) is 0 Å². The van der Waals surface area contributed by atoms with Gasteiger partial charge in [-0.05, 0) is 31.6 Å². The van der Waals surface area contributed by atoms with Crippen LogP contribution in [0.3, 0.4) is 0 Å². The molecule has 1 saturated carbocycles. The van der Waals surface area contributed by atoms with Crippen LogP contribution in [0.25, 0.3) is 0 Å². The molecular weight excluding hydrogens is 224 g/mol. The summed E-state index contributed by atoms with van der Waals surface area (Å²) in [7, 11) is 0. The fourth-order valence-corrected chi connectivity index (χ4v) is 3.05. The summed E-state index contributed by atoms with van der Waals surface area (Å²) in [5, 5.41) is 0.